The highest BCUT2D eigenvalue weighted by atomic mass is 28.4. The lowest BCUT2D eigenvalue weighted by atomic mass is 9.91. The van der Waals surface area contributed by atoms with Gasteiger partial charge in [-0.2, -0.15) is 0 Å². The average molecular weight is 448 g/mol. The molecule has 8 heteroatoms. The number of aromatic nitrogens is 2. The molecule has 1 fully saturated rings. The molecule has 2 aromatic rings. The minimum atomic E-state index is -1.95. The number of ether oxygens (including phenoxy) is 2. The number of aliphatic hydroxyl groups excluding tert-OH is 1. The van der Waals surface area contributed by atoms with E-state index in [4.69, 9.17) is 13.9 Å². The van der Waals surface area contributed by atoms with Gasteiger partial charge in [-0.25, -0.2) is 9.97 Å². The molecule has 0 aliphatic carbocycles. The third kappa shape index (κ3) is 4.96. The molecular formula is C23H37N3O4Si. The monoisotopic (exact) mass is 447 g/mol. The van der Waals surface area contributed by atoms with Crippen LogP contribution in [0.25, 0.3) is 10.9 Å². The van der Waals surface area contributed by atoms with Gasteiger partial charge in [0.2, 0.25) is 0 Å². The largest absolute Gasteiger partial charge is 0.493 e. The van der Waals surface area contributed by atoms with Crippen LogP contribution in [0.4, 0.5) is 5.82 Å². The van der Waals surface area contributed by atoms with E-state index in [0.717, 1.165) is 42.7 Å². The lowest BCUT2D eigenvalue weighted by Crippen LogP contribution is -2.53. The normalized spacial score (nSPS) is 20.2. The maximum Gasteiger partial charge on any atom is 0.192 e. The second-order valence-corrected chi connectivity index (χ2v) is 14.6. The summed E-state index contributed by atoms with van der Waals surface area (Å²) in [6, 6.07) is 3.84. The molecule has 1 aromatic carbocycles. The van der Waals surface area contributed by atoms with Gasteiger partial charge in [0.05, 0.1) is 25.8 Å². The van der Waals surface area contributed by atoms with Gasteiger partial charge in [0.1, 0.15) is 12.1 Å². The van der Waals surface area contributed by atoms with Crippen molar-refractivity contribution in [1.29, 1.82) is 0 Å². The molecule has 1 aliphatic heterocycles. The van der Waals surface area contributed by atoms with Crippen molar-refractivity contribution in [1.82, 2.24) is 9.97 Å². The van der Waals surface area contributed by atoms with Gasteiger partial charge >= 0.3 is 0 Å². The van der Waals surface area contributed by atoms with Gasteiger partial charge in [0.25, 0.3) is 0 Å². The van der Waals surface area contributed by atoms with E-state index < -0.39 is 8.32 Å². The molecule has 1 aliphatic rings. The lowest BCUT2D eigenvalue weighted by molar-refractivity contribution is 0.0839. The van der Waals surface area contributed by atoms with Crippen LogP contribution >= 0.6 is 0 Å². The number of benzene rings is 1. The van der Waals surface area contributed by atoms with E-state index in [9.17, 15) is 5.11 Å². The number of fused-ring (bicyclic) bond motifs is 1. The first-order valence-electron chi connectivity index (χ1n) is 11.0. The van der Waals surface area contributed by atoms with Crippen LogP contribution in [-0.2, 0) is 4.43 Å². The zero-order chi connectivity index (χ0) is 22.8. The van der Waals surface area contributed by atoms with E-state index in [-0.39, 0.29) is 17.7 Å². The smallest absolute Gasteiger partial charge is 0.192 e. The third-order valence-electron chi connectivity index (χ3n) is 6.87. The number of piperidine rings is 1. The molecule has 0 amide bonds. The van der Waals surface area contributed by atoms with Crippen LogP contribution in [0.3, 0.4) is 0 Å². The van der Waals surface area contributed by atoms with Gasteiger partial charge in [-0.15, -0.1) is 0 Å². The first kappa shape index (κ1) is 23.8. The number of nitrogens with zero attached hydrogens (tertiary/aromatic N) is 3. The summed E-state index contributed by atoms with van der Waals surface area (Å²) in [7, 11) is 1.31. The fourth-order valence-corrected chi connectivity index (χ4v) is 5.34. The van der Waals surface area contributed by atoms with Gasteiger partial charge < -0.3 is 23.9 Å². The van der Waals surface area contributed by atoms with Gasteiger partial charge in [0.15, 0.2) is 19.8 Å². The molecule has 0 spiro atoms. The minimum Gasteiger partial charge on any atom is -0.493 e. The first-order chi connectivity index (χ1) is 14.6. The second-order valence-electron chi connectivity index (χ2n) is 9.85. The molecule has 1 N–H and O–H groups in total. The molecule has 7 nitrogen and oxygen atoms in total. The molecule has 2 atom stereocenters. The van der Waals surface area contributed by atoms with Gasteiger partial charge in [0, 0.05) is 31.1 Å². The molecule has 3 rings (SSSR count). The molecule has 0 unspecified atom stereocenters. The topological polar surface area (TPSA) is 76.9 Å². The summed E-state index contributed by atoms with van der Waals surface area (Å²) in [5, 5.41) is 10.7. The number of rotatable bonds is 7. The molecule has 0 radical (unpaired) electrons. The van der Waals surface area contributed by atoms with Crippen molar-refractivity contribution < 1.29 is 19.0 Å². The van der Waals surface area contributed by atoms with Crippen molar-refractivity contribution in [2.24, 2.45) is 5.92 Å². The Morgan fingerprint density at radius 3 is 2.42 bits per heavy atom. The Hall–Kier alpha value is -1.90. The van der Waals surface area contributed by atoms with Crippen LogP contribution in [0.1, 0.15) is 33.6 Å². The highest BCUT2D eigenvalue weighted by molar-refractivity contribution is 6.74. The summed E-state index contributed by atoms with van der Waals surface area (Å²) in [4.78, 5) is 11.4. The number of anilines is 1. The van der Waals surface area contributed by atoms with Gasteiger partial charge in [-0.3, -0.25) is 0 Å². The number of hydrogen-bond acceptors (Lipinski definition) is 7. The van der Waals surface area contributed by atoms with Crippen LogP contribution < -0.4 is 14.4 Å². The zero-order valence-corrected chi connectivity index (χ0v) is 20.9. The number of hydrogen-bond donors (Lipinski definition) is 1. The van der Waals surface area contributed by atoms with Crippen LogP contribution in [0, 0.1) is 5.92 Å². The molecule has 1 aromatic heterocycles. The highest BCUT2D eigenvalue weighted by Crippen LogP contribution is 2.41. The molecule has 31 heavy (non-hydrogen) atoms. The van der Waals surface area contributed by atoms with E-state index in [1.165, 1.54) is 0 Å². The zero-order valence-electron chi connectivity index (χ0n) is 19.9. The summed E-state index contributed by atoms with van der Waals surface area (Å²) in [6.45, 7) is 13.2. The Kier molecular flexibility index (Phi) is 7.13. The quantitative estimate of drug-likeness (QED) is 0.636. The fraction of sp³-hybridized carbons (Fsp3) is 0.652. The highest BCUT2D eigenvalue weighted by Gasteiger charge is 2.42. The van der Waals surface area contributed by atoms with Crippen molar-refractivity contribution in [3.63, 3.8) is 0 Å². The van der Waals surface area contributed by atoms with Crippen molar-refractivity contribution in [3.8, 4) is 11.5 Å². The van der Waals surface area contributed by atoms with E-state index in [1.54, 1.807) is 20.5 Å². The van der Waals surface area contributed by atoms with Gasteiger partial charge in [-0.05, 0) is 43.0 Å². The molecule has 0 saturated carbocycles. The van der Waals surface area contributed by atoms with Crippen molar-refractivity contribution in [3.05, 3.63) is 18.5 Å². The molecular weight excluding hydrogens is 410 g/mol. The Morgan fingerprint density at radius 2 is 1.81 bits per heavy atom. The number of aliphatic hydroxyl groups is 1. The predicted molar refractivity (Wildman–Crippen MR) is 127 cm³/mol. The standard InChI is InChI=1S/C23H37N3O4Si/c1-23(2,3)31(6,7)30-21-14-26(10-8-16(21)9-11-27)22-17-12-19(28-4)20(29-5)13-18(17)24-15-25-22/h12-13,15-16,21,27H,8-11,14H2,1-7H3/t16-,21+/m1/s1. The minimum absolute atomic E-state index is 0.0620. The maximum absolute atomic E-state index is 9.62. The van der Waals surface area contributed by atoms with E-state index in [2.05, 4.69) is 48.7 Å². The summed E-state index contributed by atoms with van der Waals surface area (Å²) in [6.07, 6.45) is 3.39. The molecule has 2 heterocycles. The van der Waals surface area contributed by atoms with Gasteiger partial charge in [-0.1, -0.05) is 20.8 Å². The van der Waals surface area contributed by atoms with Crippen molar-refractivity contribution in [2.75, 3.05) is 38.8 Å². The second kappa shape index (κ2) is 9.30. The fourth-order valence-electron chi connectivity index (χ4n) is 3.96. The summed E-state index contributed by atoms with van der Waals surface area (Å²) in [5.41, 5.74) is 0.821. The summed E-state index contributed by atoms with van der Waals surface area (Å²) >= 11 is 0. The predicted octanol–water partition coefficient (Wildman–Crippen LogP) is 4.25. The Balaban J connectivity index is 1.95. The third-order valence-corrected chi connectivity index (χ3v) is 11.4. The van der Waals surface area contributed by atoms with Crippen molar-refractivity contribution in [2.45, 2.75) is 57.8 Å². The van der Waals surface area contributed by atoms with E-state index in [0.29, 0.717) is 17.4 Å². The van der Waals surface area contributed by atoms with Crippen LogP contribution in [0.15, 0.2) is 18.5 Å². The number of methoxy groups -OCH3 is 2. The Morgan fingerprint density at radius 1 is 1.13 bits per heavy atom. The SMILES string of the molecule is COc1cc2ncnc(N3CC[C@H](CCO)[C@@H](O[Si](C)(C)C(C)(C)C)C3)c2cc1OC. The Labute approximate surface area is 186 Å². The first-order valence-corrected chi connectivity index (χ1v) is 13.9. The van der Waals surface area contributed by atoms with Crippen molar-refractivity contribution >= 4 is 25.0 Å². The Bertz CT molecular complexity index is 900. The van der Waals surface area contributed by atoms with E-state index in [1.807, 2.05) is 12.1 Å². The maximum atomic E-state index is 9.62. The molecule has 172 valence electrons. The van der Waals surface area contributed by atoms with E-state index >= 15 is 0 Å². The summed E-state index contributed by atoms with van der Waals surface area (Å²) in [5.74, 6) is 2.55. The van der Waals surface area contributed by atoms with Crippen LogP contribution in [0.2, 0.25) is 18.1 Å². The molecule has 0 bridgehead atoms. The van der Waals surface area contributed by atoms with Crippen LogP contribution in [0.5, 0.6) is 11.5 Å². The lowest BCUT2D eigenvalue weighted by Gasteiger charge is -2.46. The average Bonchev–Trinajstić information content (AvgIpc) is 2.72. The summed E-state index contributed by atoms with van der Waals surface area (Å²) < 4.78 is 17.8. The van der Waals surface area contributed by atoms with Crippen LogP contribution in [-0.4, -0.2) is 63.4 Å². The molecule has 1 saturated heterocycles.